The molecule has 0 bridgehead atoms. The summed E-state index contributed by atoms with van der Waals surface area (Å²) in [5.74, 6) is 0. The molecule has 19 heavy (non-hydrogen) atoms. The van der Waals surface area contributed by atoms with Crippen LogP contribution in [-0.2, 0) is 11.2 Å². The third-order valence-electron chi connectivity index (χ3n) is 4.40. The van der Waals surface area contributed by atoms with Crippen molar-refractivity contribution in [2.45, 2.75) is 50.7 Å². The minimum atomic E-state index is -0.0352. The quantitative estimate of drug-likeness (QED) is 0.905. The molecule has 106 valence electrons. The number of aromatic nitrogens is 1. The zero-order valence-electron chi connectivity index (χ0n) is 11.8. The fraction of sp³-hybridized carbons (Fsp3) is 0.786. The molecule has 3 rings (SSSR count). The second-order valence-corrected chi connectivity index (χ2v) is 6.99. The Morgan fingerprint density at radius 1 is 1.47 bits per heavy atom. The van der Waals surface area contributed by atoms with Crippen LogP contribution >= 0.6 is 11.3 Å². The Morgan fingerprint density at radius 2 is 2.32 bits per heavy atom. The second kappa shape index (κ2) is 5.04. The van der Waals surface area contributed by atoms with Crippen molar-refractivity contribution in [3.63, 3.8) is 0 Å². The third kappa shape index (κ3) is 2.51. The SMILES string of the molecule is COC1(C)CCCN(c2nc3c(s2)C(N)CCC3)C1. The van der Waals surface area contributed by atoms with Crippen molar-refractivity contribution in [2.75, 3.05) is 25.1 Å². The van der Waals surface area contributed by atoms with Gasteiger partial charge in [-0.3, -0.25) is 0 Å². The molecule has 2 aliphatic rings. The fourth-order valence-corrected chi connectivity index (χ4v) is 4.28. The third-order valence-corrected chi connectivity index (χ3v) is 5.69. The zero-order chi connectivity index (χ0) is 13.5. The van der Waals surface area contributed by atoms with Crippen molar-refractivity contribution < 1.29 is 4.74 Å². The van der Waals surface area contributed by atoms with E-state index in [1.54, 1.807) is 11.3 Å². The van der Waals surface area contributed by atoms with Crippen LogP contribution in [0.3, 0.4) is 0 Å². The normalized spacial score (nSPS) is 31.3. The molecule has 0 radical (unpaired) electrons. The molecule has 1 saturated heterocycles. The van der Waals surface area contributed by atoms with Crippen LogP contribution in [0, 0.1) is 0 Å². The predicted octanol–water partition coefficient (Wildman–Crippen LogP) is 2.48. The van der Waals surface area contributed by atoms with Crippen LogP contribution < -0.4 is 10.6 Å². The Hall–Kier alpha value is -0.650. The lowest BCUT2D eigenvalue weighted by Crippen LogP contribution is -2.47. The van der Waals surface area contributed by atoms with Crippen molar-refractivity contribution in [1.29, 1.82) is 0 Å². The molecule has 2 atom stereocenters. The van der Waals surface area contributed by atoms with Gasteiger partial charge in [0.1, 0.15) is 0 Å². The smallest absolute Gasteiger partial charge is 0.185 e. The molecule has 1 fully saturated rings. The first-order chi connectivity index (χ1) is 9.11. The van der Waals surface area contributed by atoms with Crippen molar-refractivity contribution in [3.8, 4) is 0 Å². The van der Waals surface area contributed by atoms with Gasteiger partial charge in [0.15, 0.2) is 5.13 Å². The highest BCUT2D eigenvalue weighted by atomic mass is 32.1. The number of fused-ring (bicyclic) bond motifs is 1. The van der Waals surface area contributed by atoms with Gasteiger partial charge in [-0.25, -0.2) is 4.98 Å². The summed E-state index contributed by atoms with van der Waals surface area (Å²) < 4.78 is 5.66. The van der Waals surface area contributed by atoms with Crippen LogP contribution in [0.1, 0.15) is 49.2 Å². The number of anilines is 1. The number of aryl methyl sites for hydroxylation is 1. The molecule has 0 spiro atoms. The number of hydrogen-bond acceptors (Lipinski definition) is 5. The Bertz CT molecular complexity index is 462. The van der Waals surface area contributed by atoms with Crippen molar-refractivity contribution in [1.82, 2.24) is 4.98 Å². The first-order valence-electron chi connectivity index (χ1n) is 7.16. The first kappa shape index (κ1) is 13.3. The molecular weight excluding hydrogens is 258 g/mol. The molecule has 1 aromatic heterocycles. The highest BCUT2D eigenvalue weighted by Gasteiger charge is 2.33. The van der Waals surface area contributed by atoms with Gasteiger partial charge in [-0.2, -0.15) is 0 Å². The fourth-order valence-electron chi connectivity index (χ4n) is 3.11. The topological polar surface area (TPSA) is 51.4 Å². The number of nitrogens with two attached hydrogens (primary N) is 1. The van der Waals surface area contributed by atoms with Crippen LogP contribution in [0.2, 0.25) is 0 Å². The van der Waals surface area contributed by atoms with Gasteiger partial charge >= 0.3 is 0 Å². The molecule has 1 aliphatic heterocycles. The maximum Gasteiger partial charge on any atom is 0.185 e. The Morgan fingerprint density at radius 3 is 3.05 bits per heavy atom. The maximum atomic E-state index is 6.20. The van der Waals surface area contributed by atoms with Gasteiger partial charge in [0.05, 0.1) is 11.3 Å². The number of piperidine rings is 1. The van der Waals surface area contributed by atoms with Gasteiger partial charge in [-0.1, -0.05) is 11.3 Å². The molecule has 0 amide bonds. The van der Waals surface area contributed by atoms with E-state index >= 15 is 0 Å². The lowest BCUT2D eigenvalue weighted by molar-refractivity contribution is -0.00466. The van der Waals surface area contributed by atoms with E-state index in [0.717, 1.165) is 37.5 Å². The van der Waals surface area contributed by atoms with Crippen molar-refractivity contribution in [2.24, 2.45) is 5.73 Å². The van der Waals surface area contributed by atoms with E-state index in [9.17, 15) is 0 Å². The van der Waals surface area contributed by atoms with Crippen LogP contribution in [0.4, 0.5) is 5.13 Å². The van der Waals surface area contributed by atoms with Gasteiger partial charge in [0, 0.05) is 31.1 Å². The number of methoxy groups -OCH3 is 1. The minimum Gasteiger partial charge on any atom is -0.377 e. The van der Waals surface area contributed by atoms with E-state index in [1.165, 1.54) is 23.4 Å². The van der Waals surface area contributed by atoms with Gasteiger partial charge in [0.25, 0.3) is 0 Å². The molecule has 2 heterocycles. The van der Waals surface area contributed by atoms with E-state index in [-0.39, 0.29) is 11.6 Å². The number of hydrogen-bond donors (Lipinski definition) is 1. The predicted molar refractivity (Wildman–Crippen MR) is 78.8 cm³/mol. The molecular formula is C14H23N3OS. The first-order valence-corrected chi connectivity index (χ1v) is 7.98. The Balaban J connectivity index is 1.82. The van der Waals surface area contributed by atoms with Gasteiger partial charge in [0.2, 0.25) is 0 Å². The molecule has 0 aromatic carbocycles. The number of nitrogens with zero attached hydrogens (tertiary/aromatic N) is 2. The number of thiazole rings is 1. The van der Waals surface area contributed by atoms with Crippen molar-refractivity contribution >= 4 is 16.5 Å². The summed E-state index contributed by atoms with van der Waals surface area (Å²) >= 11 is 1.80. The van der Waals surface area contributed by atoms with E-state index in [2.05, 4.69) is 11.8 Å². The van der Waals surface area contributed by atoms with Crippen molar-refractivity contribution in [3.05, 3.63) is 10.6 Å². The standard InChI is InChI=1S/C14H23N3OS/c1-14(18-2)7-4-8-17(9-14)13-16-11-6-3-5-10(15)12(11)19-13/h10H,3-9,15H2,1-2H3. The molecule has 1 aliphatic carbocycles. The Kier molecular flexibility index (Phi) is 3.53. The summed E-state index contributed by atoms with van der Waals surface area (Å²) in [5.41, 5.74) is 7.40. The summed E-state index contributed by atoms with van der Waals surface area (Å²) in [4.78, 5) is 8.52. The zero-order valence-corrected chi connectivity index (χ0v) is 12.6. The van der Waals surface area contributed by atoms with E-state index in [1.807, 2.05) is 7.11 Å². The summed E-state index contributed by atoms with van der Waals surface area (Å²) in [5, 5.41) is 1.14. The average molecular weight is 281 g/mol. The van der Waals surface area contributed by atoms with Crippen LogP contribution in [0.15, 0.2) is 0 Å². The number of ether oxygens (including phenoxy) is 1. The molecule has 0 saturated carbocycles. The average Bonchev–Trinajstić information content (AvgIpc) is 2.84. The largest absolute Gasteiger partial charge is 0.377 e. The molecule has 1 aromatic rings. The van der Waals surface area contributed by atoms with Gasteiger partial charge in [-0.15, -0.1) is 0 Å². The van der Waals surface area contributed by atoms with E-state index in [0.29, 0.717) is 0 Å². The van der Waals surface area contributed by atoms with Crippen LogP contribution in [-0.4, -0.2) is 30.8 Å². The lowest BCUT2D eigenvalue weighted by Gasteiger charge is -2.39. The maximum absolute atomic E-state index is 6.20. The molecule has 5 heteroatoms. The van der Waals surface area contributed by atoms with Gasteiger partial charge < -0.3 is 15.4 Å². The molecule has 2 unspecified atom stereocenters. The molecule has 2 N–H and O–H groups in total. The second-order valence-electron chi connectivity index (χ2n) is 5.99. The highest BCUT2D eigenvalue weighted by Crippen LogP contribution is 2.38. The van der Waals surface area contributed by atoms with E-state index in [4.69, 9.17) is 15.5 Å². The molecule has 4 nitrogen and oxygen atoms in total. The lowest BCUT2D eigenvalue weighted by atomic mass is 9.95. The monoisotopic (exact) mass is 281 g/mol. The minimum absolute atomic E-state index is 0.0352. The summed E-state index contributed by atoms with van der Waals surface area (Å²) in [6.07, 6.45) is 5.66. The van der Waals surface area contributed by atoms with Crippen LogP contribution in [0.5, 0.6) is 0 Å². The summed E-state index contributed by atoms with van der Waals surface area (Å²) in [6.45, 7) is 4.21. The Labute approximate surface area is 119 Å². The van der Waals surface area contributed by atoms with E-state index < -0.39 is 0 Å². The summed E-state index contributed by atoms with van der Waals surface area (Å²) in [6, 6.07) is 0.202. The number of rotatable bonds is 2. The summed E-state index contributed by atoms with van der Waals surface area (Å²) in [7, 11) is 1.81. The van der Waals surface area contributed by atoms with Crippen LogP contribution in [0.25, 0.3) is 0 Å². The van der Waals surface area contributed by atoms with Gasteiger partial charge in [-0.05, 0) is 39.0 Å². The highest BCUT2D eigenvalue weighted by molar-refractivity contribution is 7.15.